The summed E-state index contributed by atoms with van der Waals surface area (Å²) >= 11 is 0. The maximum absolute atomic E-state index is 12.1. The van der Waals surface area contributed by atoms with Gasteiger partial charge in [0.2, 0.25) is 5.89 Å². The van der Waals surface area contributed by atoms with Crippen LogP contribution in [0.1, 0.15) is 63.6 Å². The van der Waals surface area contributed by atoms with Gasteiger partial charge in [-0.05, 0) is 32.1 Å². The number of hydrogen-bond donors (Lipinski definition) is 0. The van der Waals surface area contributed by atoms with Crippen molar-refractivity contribution in [3.05, 3.63) is 11.7 Å². The zero-order chi connectivity index (χ0) is 15.0. The lowest BCUT2D eigenvalue weighted by Gasteiger charge is -2.15. The molecule has 0 spiro atoms. The average molecular weight is 294 g/mol. The molecule has 3 heterocycles. The fourth-order valence-corrected chi connectivity index (χ4v) is 3.32. The normalized spacial score (nSPS) is 29.0. The van der Waals surface area contributed by atoms with Gasteiger partial charge >= 0.3 is 5.97 Å². The summed E-state index contributed by atoms with van der Waals surface area (Å²) in [6.45, 7) is 6.04. The summed E-state index contributed by atoms with van der Waals surface area (Å²) in [6, 6.07) is 0. The standard InChI is InChI=1S/C15H22N2O4/c1-4-19-15(18)12(8(2)3)14-16-13(17-21-14)10-7-9-5-6-11(10)20-9/h8-12H,4-7H2,1-3H3. The Labute approximate surface area is 124 Å². The molecule has 2 aliphatic heterocycles. The summed E-state index contributed by atoms with van der Waals surface area (Å²) < 4.78 is 16.3. The third-order valence-electron chi connectivity index (χ3n) is 4.37. The number of fused-ring (bicyclic) bond motifs is 2. The highest BCUT2D eigenvalue weighted by molar-refractivity contribution is 5.77. The van der Waals surface area contributed by atoms with Crippen molar-refractivity contribution in [2.24, 2.45) is 5.92 Å². The molecule has 6 heteroatoms. The smallest absolute Gasteiger partial charge is 0.318 e. The molecule has 4 unspecified atom stereocenters. The largest absolute Gasteiger partial charge is 0.465 e. The molecule has 2 bridgehead atoms. The van der Waals surface area contributed by atoms with Crippen LogP contribution < -0.4 is 0 Å². The van der Waals surface area contributed by atoms with Gasteiger partial charge in [0.25, 0.3) is 0 Å². The van der Waals surface area contributed by atoms with Gasteiger partial charge in [0.1, 0.15) is 5.92 Å². The van der Waals surface area contributed by atoms with Crippen molar-refractivity contribution < 1.29 is 18.8 Å². The molecule has 116 valence electrons. The van der Waals surface area contributed by atoms with Crippen LogP contribution >= 0.6 is 0 Å². The second-order valence-corrected chi connectivity index (χ2v) is 6.18. The molecule has 21 heavy (non-hydrogen) atoms. The predicted molar refractivity (Wildman–Crippen MR) is 73.8 cm³/mol. The average Bonchev–Trinajstić information content (AvgIpc) is 3.14. The number of ether oxygens (including phenoxy) is 2. The van der Waals surface area contributed by atoms with E-state index in [4.69, 9.17) is 14.0 Å². The quantitative estimate of drug-likeness (QED) is 0.776. The van der Waals surface area contributed by atoms with E-state index in [1.807, 2.05) is 13.8 Å². The van der Waals surface area contributed by atoms with Gasteiger partial charge in [-0.1, -0.05) is 19.0 Å². The highest BCUT2D eigenvalue weighted by Crippen LogP contribution is 2.43. The molecule has 1 aromatic rings. The summed E-state index contributed by atoms with van der Waals surface area (Å²) in [6.07, 6.45) is 3.69. The Kier molecular flexibility index (Phi) is 3.97. The van der Waals surface area contributed by atoms with Crippen molar-refractivity contribution in [1.82, 2.24) is 10.1 Å². The molecule has 4 atom stereocenters. The Bertz CT molecular complexity index is 514. The van der Waals surface area contributed by atoms with E-state index in [9.17, 15) is 4.79 Å². The molecule has 2 aliphatic rings. The maximum atomic E-state index is 12.1. The molecule has 6 nitrogen and oxygen atoms in total. The summed E-state index contributed by atoms with van der Waals surface area (Å²) in [5.74, 6) is 0.496. The number of carbonyl (C=O) groups is 1. The van der Waals surface area contributed by atoms with Crippen LogP contribution in [0.3, 0.4) is 0 Å². The molecule has 2 saturated heterocycles. The van der Waals surface area contributed by atoms with Crippen LogP contribution in [0.25, 0.3) is 0 Å². The highest BCUT2D eigenvalue weighted by atomic mass is 16.5. The zero-order valence-electron chi connectivity index (χ0n) is 12.7. The predicted octanol–water partition coefficient (Wildman–Crippen LogP) is 2.41. The minimum Gasteiger partial charge on any atom is -0.465 e. The Morgan fingerprint density at radius 3 is 2.81 bits per heavy atom. The van der Waals surface area contributed by atoms with Gasteiger partial charge in [-0.2, -0.15) is 4.98 Å². The van der Waals surface area contributed by atoms with Gasteiger partial charge < -0.3 is 14.0 Å². The summed E-state index contributed by atoms with van der Waals surface area (Å²) in [5, 5.41) is 4.09. The van der Waals surface area contributed by atoms with Crippen LogP contribution in [0.2, 0.25) is 0 Å². The Morgan fingerprint density at radius 2 is 2.24 bits per heavy atom. The number of hydrogen-bond acceptors (Lipinski definition) is 6. The molecule has 0 amide bonds. The van der Waals surface area contributed by atoms with Crippen LogP contribution in [0.4, 0.5) is 0 Å². The fraction of sp³-hybridized carbons (Fsp3) is 0.800. The maximum Gasteiger partial charge on any atom is 0.318 e. The molecular weight excluding hydrogens is 272 g/mol. The zero-order valence-corrected chi connectivity index (χ0v) is 12.7. The first kappa shape index (κ1) is 14.5. The van der Waals surface area contributed by atoms with E-state index in [2.05, 4.69) is 10.1 Å². The van der Waals surface area contributed by atoms with Crippen LogP contribution in [-0.4, -0.2) is 34.9 Å². The summed E-state index contributed by atoms with van der Waals surface area (Å²) in [4.78, 5) is 16.5. The van der Waals surface area contributed by atoms with Gasteiger partial charge in [0.05, 0.1) is 24.7 Å². The van der Waals surface area contributed by atoms with Gasteiger partial charge in [0.15, 0.2) is 5.82 Å². The lowest BCUT2D eigenvalue weighted by Crippen LogP contribution is -2.21. The number of rotatable bonds is 5. The van der Waals surface area contributed by atoms with Gasteiger partial charge in [-0.3, -0.25) is 4.79 Å². The van der Waals surface area contributed by atoms with Crippen LogP contribution in [-0.2, 0) is 14.3 Å². The fourth-order valence-electron chi connectivity index (χ4n) is 3.32. The topological polar surface area (TPSA) is 74.5 Å². The van der Waals surface area contributed by atoms with E-state index in [1.165, 1.54) is 0 Å². The molecule has 2 fully saturated rings. The SMILES string of the molecule is CCOC(=O)C(c1nc(C2CC3CCC2O3)no1)C(C)C. The Morgan fingerprint density at radius 1 is 1.43 bits per heavy atom. The summed E-state index contributed by atoms with van der Waals surface area (Å²) in [5.41, 5.74) is 0. The minimum atomic E-state index is -0.495. The highest BCUT2D eigenvalue weighted by Gasteiger charge is 2.44. The van der Waals surface area contributed by atoms with E-state index in [1.54, 1.807) is 6.92 Å². The van der Waals surface area contributed by atoms with Crippen molar-refractivity contribution in [2.75, 3.05) is 6.61 Å². The second-order valence-electron chi connectivity index (χ2n) is 6.18. The van der Waals surface area contributed by atoms with E-state index in [0.717, 1.165) is 19.3 Å². The monoisotopic (exact) mass is 294 g/mol. The molecule has 0 N–H and O–H groups in total. The van der Waals surface area contributed by atoms with E-state index >= 15 is 0 Å². The third-order valence-corrected chi connectivity index (χ3v) is 4.37. The molecule has 3 rings (SSSR count). The van der Waals surface area contributed by atoms with Crippen LogP contribution in [0, 0.1) is 5.92 Å². The number of esters is 1. The van der Waals surface area contributed by atoms with Crippen molar-refractivity contribution in [3.63, 3.8) is 0 Å². The lowest BCUT2D eigenvalue weighted by molar-refractivity contribution is -0.146. The second kappa shape index (κ2) is 5.75. The van der Waals surface area contributed by atoms with E-state index < -0.39 is 5.92 Å². The van der Waals surface area contributed by atoms with Gasteiger partial charge in [-0.15, -0.1) is 0 Å². The first-order valence-corrected chi connectivity index (χ1v) is 7.75. The van der Waals surface area contributed by atoms with Crippen molar-refractivity contribution in [1.29, 1.82) is 0 Å². The third kappa shape index (κ3) is 2.69. The lowest BCUT2D eigenvalue weighted by atomic mass is 9.88. The first-order chi connectivity index (χ1) is 10.1. The molecular formula is C15H22N2O4. The summed E-state index contributed by atoms with van der Waals surface area (Å²) in [7, 11) is 0. The molecule has 1 aromatic heterocycles. The molecule has 0 saturated carbocycles. The van der Waals surface area contributed by atoms with Crippen LogP contribution in [0.5, 0.6) is 0 Å². The van der Waals surface area contributed by atoms with Crippen molar-refractivity contribution >= 4 is 5.97 Å². The number of nitrogens with zero attached hydrogens (tertiary/aromatic N) is 2. The number of carbonyl (C=O) groups excluding carboxylic acids is 1. The molecule has 0 aliphatic carbocycles. The molecule has 0 radical (unpaired) electrons. The van der Waals surface area contributed by atoms with E-state index in [-0.39, 0.29) is 23.9 Å². The Balaban J connectivity index is 1.78. The van der Waals surface area contributed by atoms with Crippen molar-refractivity contribution in [3.8, 4) is 0 Å². The number of aromatic nitrogens is 2. The first-order valence-electron chi connectivity index (χ1n) is 7.75. The van der Waals surface area contributed by atoms with Gasteiger partial charge in [-0.25, -0.2) is 0 Å². The minimum absolute atomic E-state index is 0.0497. The molecule has 0 aromatic carbocycles. The Hall–Kier alpha value is -1.43. The van der Waals surface area contributed by atoms with Gasteiger partial charge in [0, 0.05) is 0 Å². The van der Waals surface area contributed by atoms with Crippen LogP contribution in [0.15, 0.2) is 4.52 Å². The van der Waals surface area contributed by atoms with Crippen molar-refractivity contribution in [2.45, 2.75) is 64.1 Å². The van der Waals surface area contributed by atoms with E-state index in [0.29, 0.717) is 24.4 Å².